The van der Waals surface area contributed by atoms with Gasteiger partial charge in [0, 0.05) is 30.6 Å². The number of hydrogen-bond donors (Lipinski definition) is 1. The molecule has 0 bridgehead atoms. The first kappa shape index (κ1) is 13.3. The average Bonchev–Trinajstić information content (AvgIpc) is 3.06. The van der Waals surface area contributed by atoms with E-state index < -0.39 is 0 Å². The van der Waals surface area contributed by atoms with Crippen LogP contribution < -0.4 is 10.2 Å². The van der Waals surface area contributed by atoms with Crippen molar-refractivity contribution in [3.05, 3.63) is 11.1 Å². The number of nitrogens with one attached hydrogen (secondary N) is 1. The number of aromatic nitrogens is 1. The zero-order valence-electron chi connectivity index (χ0n) is 11.0. The molecule has 0 unspecified atom stereocenters. The summed E-state index contributed by atoms with van der Waals surface area (Å²) in [6, 6.07) is 3.30. The van der Waals surface area contributed by atoms with Gasteiger partial charge in [-0.05, 0) is 26.7 Å². The second kappa shape index (κ2) is 6.17. The summed E-state index contributed by atoms with van der Waals surface area (Å²) < 4.78 is 0. The quantitative estimate of drug-likeness (QED) is 0.822. The van der Waals surface area contributed by atoms with E-state index in [0.717, 1.165) is 30.0 Å². The van der Waals surface area contributed by atoms with Crippen molar-refractivity contribution >= 4 is 16.5 Å². The summed E-state index contributed by atoms with van der Waals surface area (Å²) in [5.74, 6) is 0. The minimum atomic E-state index is 0.383. The van der Waals surface area contributed by atoms with Gasteiger partial charge in [0.05, 0.1) is 18.2 Å². The van der Waals surface area contributed by atoms with Crippen LogP contribution in [0.25, 0.3) is 0 Å². The molecule has 1 saturated carbocycles. The maximum atomic E-state index is 8.70. The number of thiazole rings is 1. The zero-order valence-corrected chi connectivity index (χ0v) is 11.8. The summed E-state index contributed by atoms with van der Waals surface area (Å²) >= 11 is 1.67. The van der Waals surface area contributed by atoms with E-state index in [0.29, 0.717) is 12.5 Å². The van der Waals surface area contributed by atoms with Gasteiger partial charge in [-0.25, -0.2) is 4.98 Å². The lowest BCUT2D eigenvalue weighted by Gasteiger charge is -2.24. The van der Waals surface area contributed by atoms with Crippen molar-refractivity contribution in [2.24, 2.45) is 0 Å². The van der Waals surface area contributed by atoms with Crippen LogP contribution in [-0.2, 0) is 6.54 Å². The highest BCUT2D eigenvalue weighted by molar-refractivity contribution is 7.13. The molecule has 1 aromatic heterocycles. The number of hydrogen-bond acceptors (Lipinski definition) is 5. The second-order valence-corrected chi connectivity index (χ2v) is 5.81. The molecule has 1 aliphatic carbocycles. The number of rotatable bonds is 7. The monoisotopic (exact) mass is 264 g/mol. The molecular weight excluding hydrogens is 244 g/mol. The highest BCUT2D eigenvalue weighted by atomic mass is 32.1. The van der Waals surface area contributed by atoms with E-state index in [1.807, 2.05) is 0 Å². The molecule has 18 heavy (non-hydrogen) atoms. The molecule has 98 valence electrons. The van der Waals surface area contributed by atoms with Crippen LogP contribution in [0.4, 0.5) is 5.13 Å². The fourth-order valence-corrected chi connectivity index (χ4v) is 2.78. The van der Waals surface area contributed by atoms with E-state index in [2.05, 4.69) is 40.5 Å². The molecule has 0 amide bonds. The Labute approximate surface area is 113 Å². The van der Waals surface area contributed by atoms with Crippen LogP contribution in [0.5, 0.6) is 0 Å². The summed E-state index contributed by atoms with van der Waals surface area (Å²) in [5.41, 5.74) is 1.12. The average molecular weight is 264 g/mol. The van der Waals surface area contributed by atoms with Gasteiger partial charge < -0.3 is 10.2 Å². The van der Waals surface area contributed by atoms with Crippen molar-refractivity contribution in [1.29, 1.82) is 5.26 Å². The Balaban J connectivity index is 1.94. The van der Waals surface area contributed by atoms with Crippen LogP contribution in [0.1, 0.15) is 38.8 Å². The first-order chi connectivity index (χ1) is 8.70. The lowest BCUT2D eigenvalue weighted by Crippen LogP contribution is -2.31. The van der Waals surface area contributed by atoms with E-state index >= 15 is 0 Å². The van der Waals surface area contributed by atoms with Crippen molar-refractivity contribution < 1.29 is 0 Å². The molecule has 0 saturated heterocycles. The molecule has 4 nitrogen and oxygen atoms in total. The van der Waals surface area contributed by atoms with Gasteiger partial charge in [0.2, 0.25) is 0 Å². The van der Waals surface area contributed by atoms with Crippen molar-refractivity contribution in [2.45, 2.75) is 51.7 Å². The summed E-state index contributed by atoms with van der Waals surface area (Å²) in [7, 11) is 0. The normalized spacial score (nSPS) is 14.8. The Bertz CT molecular complexity index is 417. The van der Waals surface area contributed by atoms with Gasteiger partial charge >= 0.3 is 0 Å². The first-order valence-corrected chi connectivity index (χ1v) is 7.40. The van der Waals surface area contributed by atoms with Crippen LogP contribution in [0, 0.1) is 11.3 Å². The number of nitrogens with zero attached hydrogens (tertiary/aromatic N) is 3. The molecule has 1 aliphatic rings. The topological polar surface area (TPSA) is 52.0 Å². The maximum Gasteiger partial charge on any atom is 0.185 e. The van der Waals surface area contributed by atoms with Gasteiger partial charge in [0.1, 0.15) is 0 Å². The van der Waals surface area contributed by atoms with E-state index in [9.17, 15) is 0 Å². The lowest BCUT2D eigenvalue weighted by atomic mass is 10.3. The highest BCUT2D eigenvalue weighted by Crippen LogP contribution is 2.24. The fraction of sp³-hybridized carbons (Fsp3) is 0.692. The minimum absolute atomic E-state index is 0.383. The van der Waals surface area contributed by atoms with Gasteiger partial charge in [-0.1, -0.05) is 0 Å². The van der Waals surface area contributed by atoms with Crippen molar-refractivity contribution in [3.63, 3.8) is 0 Å². The second-order valence-electron chi connectivity index (χ2n) is 4.97. The van der Waals surface area contributed by atoms with Crippen LogP contribution in [0.2, 0.25) is 0 Å². The summed E-state index contributed by atoms with van der Waals surface area (Å²) in [5, 5.41) is 15.3. The highest BCUT2D eigenvalue weighted by Gasteiger charge is 2.21. The molecule has 1 heterocycles. The Morgan fingerprint density at radius 2 is 2.39 bits per heavy atom. The molecule has 1 N–H and O–H groups in total. The predicted octanol–water partition coefficient (Wildman–Crippen LogP) is 2.52. The Morgan fingerprint density at radius 1 is 1.61 bits per heavy atom. The Kier molecular flexibility index (Phi) is 4.56. The standard InChI is InChI=1S/C13H20N4S/c1-10(2)17(7-3-6-14)13-16-12(9-18-13)8-15-11-4-5-11/h9-11,15H,3-5,7-8H2,1-2H3. The van der Waals surface area contributed by atoms with E-state index in [4.69, 9.17) is 5.26 Å². The van der Waals surface area contributed by atoms with Gasteiger partial charge in [0.15, 0.2) is 5.13 Å². The molecule has 0 aliphatic heterocycles. The smallest absolute Gasteiger partial charge is 0.185 e. The van der Waals surface area contributed by atoms with Crippen LogP contribution >= 0.6 is 11.3 Å². The van der Waals surface area contributed by atoms with E-state index in [-0.39, 0.29) is 0 Å². The van der Waals surface area contributed by atoms with Gasteiger partial charge in [0.25, 0.3) is 0 Å². The molecular formula is C13H20N4S. The van der Waals surface area contributed by atoms with Crippen molar-refractivity contribution in [3.8, 4) is 6.07 Å². The van der Waals surface area contributed by atoms with Crippen LogP contribution in [-0.4, -0.2) is 23.6 Å². The number of anilines is 1. The largest absolute Gasteiger partial charge is 0.345 e. The summed E-state index contributed by atoms with van der Waals surface area (Å²) in [4.78, 5) is 6.86. The van der Waals surface area contributed by atoms with E-state index in [1.54, 1.807) is 11.3 Å². The van der Waals surface area contributed by atoms with Crippen molar-refractivity contribution in [2.75, 3.05) is 11.4 Å². The Morgan fingerprint density at radius 3 is 3.00 bits per heavy atom. The predicted molar refractivity (Wildman–Crippen MR) is 74.7 cm³/mol. The molecule has 2 rings (SSSR count). The van der Waals surface area contributed by atoms with Crippen LogP contribution in [0.15, 0.2) is 5.38 Å². The summed E-state index contributed by atoms with van der Waals surface area (Å²) in [6.45, 7) is 5.91. The maximum absolute atomic E-state index is 8.70. The SMILES string of the molecule is CC(C)N(CCC#N)c1nc(CNC2CC2)cs1. The van der Waals surface area contributed by atoms with Crippen LogP contribution in [0.3, 0.4) is 0 Å². The van der Waals surface area contributed by atoms with Crippen molar-refractivity contribution in [1.82, 2.24) is 10.3 Å². The lowest BCUT2D eigenvalue weighted by molar-refractivity contribution is 0.664. The molecule has 5 heteroatoms. The molecule has 0 atom stereocenters. The minimum Gasteiger partial charge on any atom is -0.345 e. The summed E-state index contributed by atoms with van der Waals surface area (Å²) in [6.07, 6.45) is 3.15. The molecule has 0 aromatic carbocycles. The third-order valence-corrected chi connectivity index (χ3v) is 3.95. The molecule has 1 aromatic rings. The van der Waals surface area contributed by atoms with Gasteiger partial charge in [-0.3, -0.25) is 0 Å². The third kappa shape index (κ3) is 3.69. The molecule has 1 fully saturated rings. The Hall–Kier alpha value is -1.12. The zero-order chi connectivity index (χ0) is 13.0. The fourth-order valence-electron chi connectivity index (χ4n) is 1.79. The molecule has 0 radical (unpaired) electrons. The van der Waals surface area contributed by atoms with Gasteiger partial charge in [-0.2, -0.15) is 5.26 Å². The first-order valence-electron chi connectivity index (χ1n) is 6.52. The van der Waals surface area contributed by atoms with E-state index in [1.165, 1.54) is 12.8 Å². The number of nitriles is 1. The molecule has 0 spiro atoms. The third-order valence-electron chi connectivity index (χ3n) is 3.02. The van der Waals surface area contributed by atoms with Gasteiger partial charge in [-0.15, -0.1) is 11.3 Å².